The van der Waals surface area contributed by atoms with Gasteiger partial charge in [0, 0.05) is 44.0 Å². The Morgan fingerprint density at radius 1 is 1.15 bits per heavy atom. The van der Waals surface area contributed by atoms with Crippen molar-refractivity contribution in [3.8, 4) is 11.5 Å². The maximum atomic E-state index is 13.2. The highest BCUT2D eigenvalue weighted by atomic mass is 16.8. The summed E-state index contributed by atoms with van der Waals surface area (Å²) < 4.78 is 0. The quantitative estimate of drug-likeness (QED) is 0.281. The third-order valence-corrected chi connectivity index (χ3v) is 6.18. The van der Waals surface area contributed by atoms with Crippen molar-refractivity contribution in [3.63, 3.8) is 0 Å². The second kappa shape index (κ2) is 7.96. The molecule has 1 aliphatic rings. The van der Waals surface area contributed by atoms with Crippen LogP contribution >= 0.6 is 0 Å². The van der Waals surface area contributed by atoms with E-state index in [1.807, 2.05) is 0 Å². The number of hydrogen-bond donors (Lipinski definition) is 5. The number of aromatic hydroxyl groups is 2. The van der Waals surface area contributed by atoms with E-state index in [0.717, 1.165) is 9.80 Å². The number of H-pyrrole nitrogens is 1. The largest absolute Gasteiger partial charge is 0.733 e. The van der Waals surface area contributed by atoms with E-state index in [1.54, 1.807) is 18.3 Å². The molecule has 11 nitrogen and oxygen atoms in total. The first-order chi connectivity index (χ1) is 15.5. The zero-order valence-electron chi connectivity index (χ0n) is 17.9. The van der Waals surface area contributed by atoms with Crippen LogP contribution in [0.25, 0.3) is 10.9 Å². The molecule has 33 heavy (non-hydrogen) atoms. The number of rotatable bonds is 5. The normalized spacial score (nSPS) is 21.2. The molecule has 11 heteroatoms. The lowest BCUT2D eigenvalue weighted by Gasteiger charge is -2.47. The Labute approximate surface area is 188 Å². The highest BCUT2D eigenvalue weighted by Crippen LogP contribution is 2.34. The molecule has 1 aromatic heterocycles. The average Bonchev–Trinajstić information content (AvgIpc) is 3.20. The van der Waals surface area contributed by atoms with Gasteiger partial charge in [-0.05, 0) is 35.4 Å². The number of amides is 2. The molecule has 0 unspecified atom stereocenters. The molecule has 1 saturated heterocycles. The molecule has 2 atom stereocenters. The highest BCUT2D eigenvalue weighted by Gasteiger charge is 2.53. The lowest BCUT2D eigenvalue weighted by molar-refractivity contribution is -0.194. The number of nitrogens with zero attached hydrogens (tertiary/aromatic N) is 3. The lowest BCUT2D eigenvalue weighted by Crippen LogP contribution is -2.70. The molecule has 4 rings (SSSR count). The number of benzene rings is 2. The van der Waals surface area contributed by atoms with Crippen LogP contribution in [-0.4, -0.2) is 73.0 Å². The van der Waals surface area contributed by atoms with Crippen LogP contribution in [-0.2, 0) is 22.4 Å². The second-order valence-corrected chi connectivity index (χ2v) is 8.14. The van der Waals surface area contributed by atoms with E-state index >= 15 is 0 Å². The van der Waals surface area contributed by atoms with Crippen molar-refractivity contribution >= 4 is 28.4 Å². The third-order valence-electron chi connectivity index (χ3n) is 6.18. The van der Waals surface area contributed by atoms with E-state index in [9.17, 15) is 35.3 Å². The van der Waals surface area contributed by atoms with Gasteiger partial charge in [-0.15, -0.1) is 0 Å². The Bertz CT molecular complexity index is 1240. The standard InChI is InChI=1S/C22H23N4O7/c1-24-16(9-13-11-23-14-4-3-5-15(19(13)14)26(32)33)20(29)25(2)22(31,21(24)30)10-12-6-7-17(27)18(28)8-12/h3-8,11,16,23,27-28,31-32H,9-10H2,1-2H3/q-1/t16-,22+/m0/s1. The van der Waals surface area contributed by atoms with Crippen molar-refractivity contribution in [1.82, 2.24) is 14.8 Å². The van der Waals surface area contributed by atoms with Crippen LogP contribution in [0.2, 0.25) is 0 Å². The maximum absolute atomic E-state index is 13.2. The van der Waals surface area contributed by atoms with E-state index in [1.165, 1.54) is 38.4 Å². The Balaban J connectivity index is 1.65. The van der Waals surface area contributed by atoms with Gasteiger partial charge in [0.05, 0.1) is 5.69 Å². The molecule has 2 aromatic carbocycles. The molecule has 1 fully saturated rings. The van der Waals surface area contributed by atoms with E-state index in [-0.39, 0.29) is 29.5 Å². The highest BCUT2D eigenvalue weighted by molar-refractivity contribution is 6.00. The predicted molar refractivity (Wildman–Crippen MR) is 117 cm³/mol. The summed E-state index contributed by atoms with van der Waals surface area (Å²) in [6.45, 7) is 0. The van der Waals surface area contributed by atoms with E-state index in [4.69, 9.17) is 0 Å². The summed E-state index contributed by atoms with van der Waals surface area (Å²) in [5.74, 6) is -2.02. The number of fused-ring (bicyclic) bond motifs is 1. The van der Waals surface area contributed by atoms with E-state index in [0.29, 0.717) is 22.0 Å². The van der Waals surface area contributed by atoms with Crippen molar-refractivity contribution < 1.29 is 30.1 Å². The second-order valence-electron chi connectivity index (χ2n) is 8.14. The number of aromatic nitrogens is 1. The molecular formula is C22H23N4O7-. The Morgan fingerprint density at radius 3 is 2.55 bits per heavy atom. The molecular weight excluding hydrogens is 432 g/mol. The SMILES string of the molecule is CN1C(=O)[C@](O)(Cc2ccc(O)c(O)c2)N(C)C(=O)[C@@H]1Cc1c[nH]c2cccc(N([O-])O)c12. The summed E-state index contributed by atoms with van der Waals surface area (Å²) in [7, 11) is 2.72. The van der Waals surface area contributed by atoms with Crippen LogP contribution in [0.3, 0.4) is 0 Å². The first-order valence-electron chi connectivity index (χ1n) is 10.1. The molecule has 0 saturated carbocycles. The smallest absolute Gasteiger partial charge is 0.276 e. The number of phenols is 2. The summed E-state index contributed by atoms with van der Waals surface area (Å²) in [6.07, 6.45) is 1.33. The third kappa shape index (κ3) is 3.61. The fraction of sp³-hybridized carbons (Fsp3) is 0.273. The number of carbonyl (C=O) groups is 2. The molecule has 2 amide bonds. The summed E-state index contributed by atoms with van der Waals surface area (Å²) >= 11 is 0. The number of nitrogens with one attached hydrogen (secondary N) is 1. The summed E-state index contributed by atoms with van der Waals surface area (Å²) in [5.41, 5.74) is -0.749. The van der Waals surface area contributed by atoms with Gasteiger partial charge in [-0.25, -0.2) is 0 Å². The summed E-state index contributed by atoms with van der Waals surface area (Å²) in [4.78, 5) is 31.5. The van der Waals surface area contributed by atoms with Crippen LogP contribution in [0, 0.1) is 5.21 Å². The number of anilines is 1. The average molecular weight is 455 g/mol. The Hall–Kier alpha value is -3.80. The van der Waals surface area contributed by atoms with Crippen LogP contribution in [0.15, 0.2) is 42.6 Å². The fourth-order valence-corrected chi connectivity index (χ4v) is 4.28. The van der Waals surface area contributed by atoms with Gasteiger partial charge in [-0.3, -0.25) is 14.8 Å². The molecule has 174 valence electrons. The minimum absolute atomic E-state index is 0.00187. The van der Waals surface area contributed by atoms with Gasteiger partial charge in [-0.2, -0.15) is 0 Å². The molecule has 5 N–H and O–H groups in total. The van der Waals surface area contributed by atoms with Gasteiger partial charge < -0.3 is 40.5 Å². The van der Waals surface area contributed by atoms with Crippen LogP contribution < -0.4 is 5.23 Å². The molecule has 1 aliphatic heterocycles. The van der Waals surface area contributed by atoms with Crippen molar-refractivity contribution in [2.45, 2.75) is 24.6 Å². The number of aromatic amines is 1. The predicted octanol–water partition coefficient (Wildman–Crippen LogP) is 1.05. The number of carbonyl (C=O) groups excluding carboxylic acids is 2. The van der Waals surface area contributed by atoms with Gasteiger partial charge in [0.25, 0.3) is 5.91 Å². The molecule has 0 bridgehead atoms. The van der Waals surface area contributed by atoms with Crippen LogP contribution in [0.5, 0.6) is 11.5 Å². The minimum atomic E-state index is -2.20. The van der Waals surface area contributed by atoms with Gasteiger partial charge in [0.15, 0.2) is 11.5 Å². The molecule has 0 spiro atoms. The van der Waals surface area contributed by atoms with Gasteiger partial charge in [0.1, 0.15) is 6.04 Å². The Kier molecular flexibility index (Phi) is 5.40. The summed E-state index contributed by atoms with van der Waals surface area (Å²) in [6, 6.07) is 7.63. The molecule has 3 aromatic rings. The first kappa shape index (κ1) is 22.4. The van der Waals surface area contributed by atoms with Crippen molar-refractivity contribution in [2.75, 3.05) is 19.3 Å². The van der Waals surface area contributed by atoms with E-state index in [2.05, 4.69) is 4.98 Å². The molecule has 0 aliphatic carbocycles. The number of phenolic OH excluding ortho intramolecular Hbond substituents is 2. The zero-order chi connectivity index (χ0) is 24.1. The number of likely N-dealkylation sites (N-methyl/N-ethyl adjacent to an activating group) is 2. The van der Waals surface area contributed by atoms with Gasteiger partial charge in [0.2, 0.25) is 11.6 Å². The van der Waals surface area contributed by atoms with Gasteiger partial charge >= 0.3 is 0 Å². The topological polar surface area (TPSA) is 164 Å². The van der Waals surface area contributed by atoms with Crippen molar-refractivity contribution in [1.29, 1.82) is 0 Å². The lowest BCUT2D eigenvalue weighted by atomic mass is 9.92. The summed E-state index contributed by atoms with van der Waals surface area (Å²) in [5, 5.41) is 51.6. The fourth-order valence-electron chi connectivity index (χ4n) is 4.28. The van der Waals surface area contributed by atoms with Gasteiger partial charge in [-0.1, -0.05) is 12.1 Å². The Morgan fingerprint density at radius 2 is 1.88 bits per heavy atom. The first-order valence-corrected chi connectivity index (χ1v) is 10.1. The minimum Gasteiger partial charge on any atom is -0.733 e. The maximum Gasteiger partial charge on any atom is 0.276 e. The van der Waals surface area contributed by atoms with Crippen molar-refractivity contribution in [3.05, 3.63) is 58.9 Å². The van der Waals surface area contributed by atoms with Crippen LogP contribution in [0.4, 0.5) is 5.69 Å². The number of piperazine rings is 1. The van der Waals surface area contributed by atoms with Crippen molar-refractivity contribution in [2.24, 2.45) is 0 Å². The monoisotopic (exact) mass is 455 g/mol. The molecule has 0 radical (unpaired) electrons. The number of aliphatic hydroxyl groups is 1. The molecule has 2 heterocycles. The van der Waals surface area contributed by atoms with E-state index < -0.39 is 29.3 Å². The van der Waals surface area contributed by atoms with Crippen LogP contribution in [0.1, 0.15) is 11.1 Å². The number of hydrogen-bond acceptors (Lipinski definition) is 8. The zero-order valence-corrected chi connectivity index (χ0v) is 17.9.